The van der Waals surface area contributed by atoms with E-state index in [9.17, 15) is 30.7 Å². The summed E-state index contributed by atoms with van der Waals surface area (Å²) in [5.74, 6) is -9.78. The van der Waals surface area contributed by atoms with Crippen molar-refractivity contribution in [2.45, 2.75) is 37.0 Å². The van der Waals surface area contributed by atoms with E-state index in [2.05, 4.69) is 4.74 Å². The smallest absolute Gasteiger partial charge is 0.373 e. The van der Waals surface area contributed by atoms with Crippen molar-refractivity contribution in [1.82, 2.24) is 0 Å². The maximum absolute atomic E-state index is 12.7. The molecule has 1 rings (SSSR count). The van der Waals surface area contributed by atoms with Crippen molar-refractivity contribution < 1.29 is 35.5 Å². The van der Waals surface area contributed by atoms with Crippen LogP contribution in [-0.2, 0) is 4.74 Å². The number of rotatable bonds is 4. The first-order valence-electron chi connectivity index (χ1n) is 3.97. The van der Waals surface area contributed by atoms with E-state index in [1.807, 2.05) is 0 Å². The molecule has 0 spiro atoms. The first kappa shape index (κ1) is 12.5. The third kappa shape index (κ3) is 3.51. The van der Waals surface area contributed by atoms with E-state index in [1.165, 1.54) is 0 Å². The van der Waals surface area contributed by atoms with Crippen LogP contribution in [0.25, 0.3) is 0 Å². The SMILES string of the molecule is FC(F)(F)CC(F)(F)C(F)(F)CC1CO1. The quantitative estimate of drug-likeness (QED) is 0.543. The molecule has 0 N–H and O–H groups in total. The molecule has 1 atom stereocenters. The highest BCUT2D eigenvalue weighted by atomic mass is 19.4. The number of epoxide rings is 1. The summed E-state index contributed by atoms with van der Waals surface area (Å²) < 4.78 is 89.6. The standard InChI is InChI=1S/C7H7F7O/c8-5(9,1-4-2-15-4)6(10,11)3-7(12,13)14/h4H,1-3H2. The van der Waals surface area contributed by atoms with E-state index in [1.54, 1.807) is 0 Å². The monoisotopic (exact) mass is 240 g/mol. The second kappa shape index (κ2) is 3.50. The van der Waals surface area contributed by atoms with Gasteiger partial charge < -0.3 is 4.74 Å². The number of halogens is 7. The molecular formula is C7H7F7O. The van der Waals surface area contributed by atoms with Gasteiger partial charge in [-0.1, -0.05) is 0 Å². The maximum Gasteiger partial charge on any atom is 0.395 e. The van der Waals surface area contributed by atoms with Crippen LogP contribution in [-0.4, -0.2) is 30.7 Å². The lowest BCUT2D eigenvalue weighted by molar-refractivity contribution is -0.266. The van der Waals surface area contributed by atoms with Gasteiger partial charge in [-0.3, -0.25) is 0 Å². The zero-order valence-electron chi connectivity index (χ0n) is 7.25. The fourth-order valence-corrected chi connectivity index (χ4v) is 1.00. The molecular weight excluding hydrogens is 233 g/mol. The van der Waals surface area contributed by atoms with Gasteiger partial charge in [0.15, 0.2) is 0 Å². The normalized spacial score (nSPS) is 23.0. The van der Waals surface area contributed by atoms with Gasteiger partial charge in [0.05, 0.1) is 12.7 Å². The second-order valence-electron chi connectivity index (χ2n) is 3.36. The molecule has 90 valence electrons. The van der Waals surface area contributed by atoms with Crippen LogP contribution in [0.5, 0.6) is 0 Å². The van der Waals surface area contributed by atoms with Crippen molar-refractivity contribution in [3.63, 3.8) is 0 Å². The Labute approximate surface area is 80.2 Å². The third-order valence-corrected chi connectivity index (χ3v) is 1.84. The van der Waals surface area contributed by atoms with E-state index >= 15 is 0 Å². The van der Waals surface area contributed by atoms with Gasteiger partial charge in [0.2, 0.25) is 0 Å². The van der Waals surface area contributed by atoms with Crippen molar-refractivity contribution in [3.05, 3.63) is 0 Å². The van der Waals surface area contributed by atoms with Gasteiger partial charge in [-0.15, -0.1) is 0 Å². The Hall–Kier alpha value is -0.530. The van der Waals surface area contributed by atoms with Crippen molar-refractivity contribution in [3.8, 4) is 0 Å². The van der Waals surface area contributed by atoms with Crippen LogP contribution in [0.2, 0.25) is 0 Å². The molecule has 1 fully saturated rings. The fourth-order valence-electron chi connectivity index (χ4n) is 1.00. The minimum atomic E-state index is -5.32. The van der Waals surface area contributed by atoms with Crippen LogP contribution in [0.15, 0.2) is 0 Å². The number of alkyl halides is 7. The topological polar surface area (TPSA) is 12.5 Å². The minimum Gasteiger partial charge on any atom is -0.373 e. The minimum absolute atomic E-state index is 0.113. The Balaban J connectivity index is 2.64. The number of hydrogen-bond donors (Lipinski definition) is 0. The second-order valence-corrected chi connectivity index (χ2v) is 3.36. The predicted octanol–water partition coefficient (Wildman–Crippen LogP) is 3.00. The summed E-state index contributed by atoms with van der Waals surface area (Å²) in [6.45, 7) is -0.113. The highest BCUT2D eigenvalue weighted by molar-refractivity contribution is 4.91. The summed E-state index contributed by atoms with van der Waals surface area (Å²) >= 11 is 0. The molecule has 8 heteroatoms. The van der Waals surface area contributed by atoms with Gasteiger partial charge in [0, 0.05) is 6.42 Å². The van der Waals surface area contributed by atoms with Crippen LogP contribution in [0, 0.1) is 0 Å². The summed E-state index contributed by atoms with van der Waals surface area (Å²) in [5, 5.41) is 0. The molecule has 1 aliphatic heterocycles. The highest BCUT2D eigenvalue weighted by Gasteiger charge is 2.62. The Bertz CT molecular complexity index is 230. The molecule has 1 nitrogen and oxygen atoms in total. The first-order chi connectivity index (χ1) is 6.54. The molecule has 1 saturated heterocycles. The Morgan fingerprint density at radius 2 is 1.40 bits per heavy atom. The molecule has 0 radical (unpaired) electrons. The van der Waals surface area contributed by atoms with Gasteiger partial charge in [0.25, 0.3) is 0 Å². The summed E-state index contributed by atoms with van der Waals surface area (Å²) in [5.41, 5.74) is 0. The van der Waals surface area contributed by atoms with Crippen LogP contribution < -0.4 is 0 Å². The summed E-state index contributed by atoms with van der Waals surface area (Å²) in [6, 6.07) is 0. The summed E-state index contributed by atoms with van der Waals surface area (Å²) in [7, 11) is 0. The predicted molar refractivity (Wildman–Crippen MR) is 34.9 cm³/mol. The summed E-state index contributed by atoms with van der Waals surface area (Å²) in [6.07, 6.45) is -10.6. The molecule has 0 amide bonds. The van der Waals surface area contributed by atoms with Crippen LogP contribution in [0.1, 0.15) is 12.8 Å². The van der Waals surface area contributed by atoms with Gasteiger partial charge in [-0.2, -0.15) is 30.7 Å². The van der Waals surface area contributed by atoms with Gasteiger partial charge in [0.1, 0.15) is 6.42 Å². The Kier molecular flexibility index (Phi) is 2.92. The average molecular weight is 240 g/mol. The van der Waals surface area contributed by atoms with Crippen LogP contribution in [0.3, 0.4) is 0 Å². The van der Waals surface area contributed by atoms with E-state index in [0.717, 1.165) is 0 Å². The zero-order valence-corrected chi connectivity index (χ0v) is 7.25. The molecule has 0 aromatic rings. The Morgan fingerprint density at radius 1 is 0.933 bits per heavy atom. The highest BCUT2D eigenvalue weighted by Crippen LogP contribution is 2.45. The average Bonchev–Trinajstić information content (AvgIpc) is 2.63. The molecule has 1 unspecified atom stereocenters. The van der Waals surface area contributed by atoms with Gasteiger partial charge >= 0.3 is 18.0 Å². The first-order valence-corrected chi connectivity index (χ1v) is 3.97. The van der Waals surface area contributed by atoms with Crippen molar-refractivity contribution >= 4 is 0 Å². The molecule has 0 aliphatic carbocycles. The van der Waals surface area contributed by atoms with Gasteiger partial charge in [-0.25, -0.2) is 0 Å². The zero-order chi connectivity index (χ0) is 11.9. The van der Waals surface area contributed by atoms with E-state index in [-0.39, 0.29) is 6.61 Å². The number of hydrogen-bond acceptors (Lipinski definition) is 1. The lowest BCUT2D eigenvalue weighted by Gasteiger charge is -2.26. The van der Waals surface area contributed by atoms with Crippen LogP contribution >= 0.6 is 0 Å². The fraction of sp³-hybridized carbons (Fsp3) is 1.00. The van der Waals surface area contributed by atoms with E-state index in [0.29, 0.717) is 0 Å². The molecule has 1 heterocycles. The lowest BCUT2D eigenvalue weighted by Crippen LogP contribution is -2.44. The molecule has 15 heavy (non-hydrogen) atoms. The molecule has 1 aliphatic rings. The van der Waals surface area contributed by atoms with E-state index in [4.69, 9.17) is 0 Å². The van der Waals surface area contributed by atoms with Crippen molar-refractivity contribution in [2.24, 2.45) is 0 Å². The maximum atomic E-state index is 12.7. The molecule has 0 aromatic heterocycles. The molecule has 0 saturated carbocycles. The van der Waals surface area contributed by atoms with Crippen LogP contribution in [0.4, 0.5) is 30.7 Å². The lowest BCUT2D eigenvalue weighted by atomic mass is 10.0. The van der Waals surface area contributed by atoms with Crippen molar-refractivity contribution in [2.75, 3.05) is 6.61 Å². The van der Waals surface area contributed by atoms with E-state index < -0.39 is 37.0 Å². The largest absolute Gasteiger partial charge is 0.395 e. The number of ether oxygens (including phenoxy) is 1. The molecule has 0 aromatic carbocycles. The van der Waals surface area contributed by atoms with Gasteiger partial charge in [-0.05, 0) is 0 Å². The van der Waals surface area contributed by atoms with Crippen molar-refractivity contribution in [1.29, 1.82) is 0 Å². The molecule has 0 bridgehead atoms. The Morgan fingerprint density at radius 3 is 1.73 bits per heavy atom. The summed E-state index contributed by atoms with van der Waals surface area (Å²) in [4.78, 5) is 0. The third-order valence-electron chi connectivity index (χ3n) is 1.84.